The minimum absolute atomic E-state index is 0.0394. The molecule has 0 aromatic heterocycles. The van der Waals surface area contributed by atoms with Crippen LogP contribution >= 0.6 is 0 Å². The molecule has 0 radical (unpaired) electrons. The van der Waals surface area contributed by atoms with Crippen LogP contribution in [0.1, 0.15) is 33.1 Å². The van der Waals surface area contributed by atoms with Crippen LogP contribution in [-0.2, 0) is 9.59 Å². The Morgan fingerprint density at radius 1 is 1.38 bits per heavy atom. The molecule has 0 heterocycles. The van der Waals surface area contributed by atoms with Crippen LogP contribution < -0.4 is 16.4 Å². The molecule has 1 saturated carbocycles. The molecule has 0 unspecified atom stereocenters. The van der Waals surface area contributed by atoms with E-state index in [-0.39, 0.29) is 5.91 Å². The number of carbonyl (C=O) groups is 2. The average molecular weight is 227 g/mol. The minimum Gasteiger partial charge on any atom is -0.369 e. The second-order valence-electron chi connectivity index (χ2n) is 5.00. The molecule has 92 valence electrons. The standard InChI is InChI=1S/C11H21N3O2/c1-11(2,10(12)16)7-14-9(15)5-6-13-8-3-4-8/h8,13H,3-7H2,1-2H3,(H2,12,16)(H,14,15). The second-order valence-corrected chi connectivity index (χ2v) is 5.00. The van der Waals surface area contributed by atoms with E-state index < -0.39 is 11.3 Å². The highest BCUT2D eigenvalue weighted by atomic mass is 16.2. The molecule has 1 fully saturated rings. The molecule has 5 nitrogen and oxygen atoms in total. The third kappa shape index (κ3) is 4.61. The van der Waals surface area contributed by atoms with Crippen molar-refractivity contribution in [2.45, 2.75) is 39.2 Å². The average Bonchev–Trinajstić information content (AvgIpc) is 2.98. The Kier molecular flexibility index (Phi) is 4.29. The van der Waals surface area contributed by atoms with Crippen LogP contribution in [-0.4, -0.2) is 30.9 Å². The van der Waals surface area contributed by atoms with Gasteiger partial charge in [-0.3, -0.25) is 9.59 Å². The number of amides is 2. The monoisotopic (exact) mass is 227 g/mol. The fraction of sp³-hybridized carbons (Fsp3) is 0.818. The molecule has 1 aliphatic carbocycles. The van der Waals surface area contributed by atoms with Crippen molar-refractivity contribution in [1.82, 2.24) is 10.6 Å². The first kappa shape index (κ1) is 13.0. The maximum absolute atomic E-state index is 11.4. The zero-order chi connectivity index (χ0) is 12.2. The van der Waals surface area contributed by atoms with Gasteiger partial charge in [-0.05, 0) is 26.7 Å². The fourth-order valence-corrected chi connectivity index (χ4v) is 1.17. The first-order chi connectivity index (χ1) is 7.42. The van der Waals surface area contributed by atoms with E-state index in [0.717, 1.165) is 0 Å². The fourth-order valence-electron chi connectivity index (χ4n) is 1.17. The van der Waals surface area contributed by atoms with Gasteiger partial charge in [0.1, 0.15) is 0 Å². The predicted molar refractivity (Wildman–Crippen MR) is 61.6 cm³/mol. The second kappa shape index (κ2) is 5.30. The zero-order valence-corrected chi connectivity index (χ0v) is 10.0. The topological polar surface area (TPSA) is 84.2 Å². The van der Waals surface area contributed by atoms with Gasteiger partial charge in [-0.2, -0.15) is 0 Å². The molecular formula is C11H21N3O2. The summed E-state index contributed by atoms with van der Waals surface area (Å²) in [5.41, 5.74) is 4.52. The van der Waals surface area contributed by atoms with Crippen LogP contribution in [0.3, 0.4) is 0 Å². The van der Waals surface area contributed by atoms with Crippen molar-refractivity contribution >= 4 is 11.8 Å². The summed E-state index contributed by atoms with van der Waals surface area (Å²) in [6, 6.07) is 0.620. The van der Waals surface area contributed by atoms with E-state index >= 15 is 0 Å². The van der Waals surface area contributed by atoms with Crippen LogP contribution in [0.15, 0.2) is 0 Å². The van der Waals surface area contributed by atoms with Crippen LogP contribution in [0.4, 0.5) is 0 Å². The Labute approximate surface area is 96.1 Å². The van der Waals surface area contributed by atoms with E-state index in [9.17, 15) is 9.59 Å². The van der Waals surface area contributed by atoms with E-state index in [1.165, 1.54) is 12.8 Å². The van der Waals surface area contributed by atoms with Gasteiger partial charge in [-0.1, -0.05) is 0 Å². The quantitative estimate of drug-likeness (QED) is 0.561. The Morgan fingerprint density at radius 3 is 2.50 bits per heavy atom. The van der Waals surface area contributed by atoms with Crippen molar-refractivity contribution in [2.75, 3.05) is 13.1 Å². The number of carbonyl (C=O) groups excluding carboxylic acids is 2. The van der Waals surface area contributed by atoms with Gasteiger partial charge in [0.25, 0.3) is 0 Å². The van der Waals surface area contributed by atoms with Crippen LogP contribution in [0, 0.1) is 5.41 Å². The van der Waals surface area contributed by atoms with Crippen LogP contribution in [0.2, 0.25) is 0 Å². The van der Waals surface area contributed by atoms with E-state index in [0.29, 0.717) is 25.6 Å². The van der Waals surface area contributed by atoms with Crippen molar-refractivity contribution in [3.05, 3.63) is 0 Å². The molecule has 0 aliphatic heterocycles. The highest BCUT2D eigenvalue weighted by Gasteiger charge is 2.25. The normalized spacial score (nSPS) is 15.9. The molecule has 16 heavy (non-hydrogen) atoms. The summed E-state index contributed by atoms with van der Waals surface area (Å²) in [5.74, 6) is -0.439. The molecule has 0 saturated heterocycles. The molecule has 0 aromatic rings. The van der Waals surface area contributed by atoms with Crippen molar-refractivity contribution in [3.63, 3.8) is 0 Å². The lowest BCUT2D eigenvalue weighted by atomic mass is 9.93. The van der Waals surface area contributed by atoms with E-state index in [1.807, 2.05) is 0 Å². The molecule has 1 aliphatic rings. The molecular weight excluding hydrogens is 206 g/mol. The predicted octanol–water partition coefficient (Wildman–Crippen LogP) is -0.244. The summed E-state index contributed by atoms with van der Waals surface area (Å²) in [7, 11) is 0. The summed E-state index contributed by atoms with van der Waals surface area (Å²) in [6.07, 6.45) is 2.89. The van der Waals surface area contributed by atoms with Gasteiger partial charge in [0.05, 0.1) is 5.41 Å². The van der Waals surface area contributed by atoms with Gasteiger partial charge in [0.15, 0.2) is 0 Å². The number of nitrogens with two attached hydrogens (primary N) is 1. The highest BCUT2D eigenvalue weighted by molar-refractivity contribution is 5.82. The first-order valence-electron chi connectivity index (χ1n) is 5.72. The zero-order valence-electron chi connectivity index (χ0n) is 10.0. The molecule has 0 atom stereocenters. The number of hydrogen-bond acceptors (Lipinski definition) is 3. The van der Waals surface area contributed by atoms with Crippen molar-refractivity contribution in [1.29, 1.82) is 0 Å². The lowest BCUT2D eigenvalue weighted by Gasteiger charge is -2.20. The summed E-state index contributed by atoms with van der Waals surface area (Å²) < 4.78 is 0. The van der Waals surface area contributed by atoms with E-state index in [4.69, 9.17) is 5.73 Å². The largest absolute Gasteiger partial charge is 0.369 e. The number of rotatable bonds is 7. The first-order valence-corrected chi connectivity index (χ1v) is 5.72. The SMILES string of the molecule is CC(C)(CNC(=O)CCNC1CC1)C(N)=O. The van der Waals surface area contributed by atoms with Gasteiger partial charge < -0.3 is 16.4 Å². The maximum atomic E-state index is 11.4. The Hall–Kier alpha value is -1.10. The third-order valence-corrected chi connectivity index (χ3v) is 2.76. The van der Waals surface area contributed by atoms with Crippen molar-refractivity contribution < 1.29 is 9.59 Å². The third-order valence-electron chi connectivity index (χ3n) is 2.76. The number of nitrogens with one attached hydrogen (secondary N) is 2. The maximum Gasteiger partial charge on any atom is 0.224 e. The number of hydrogen-bond donors (Lipinski definition) is 3. The Balaban J connectivity index is 2.10. The molecule has 2 amide bonds. The summed E-state index contributed by atoms with van der Waals surface area (Å²) in [5, 5.41) is 5.97. The van der Waals surface area contributed by atoms with E-state index in [1.54, 1.807) is 13.8 Å². The number of primary amides is 1. The summed E-state index contributed by atoms with van der Waals surface area (Å²) in [6.45, 7) is 4.44. The molecule has 1 rings (SSSR count). The molecule has 0 aromatic carbocycles. The Morgan fingerprint density at radius 2 is 2.00 bits per heavy atom. The van der Waals surface area contributed by atoms with Gasteiger partial charge in [0, 0.05) is 25.6 Å². The van der Waals surface area contributed by atoms with E-state index in [2.05, 4.69) is 10.6 Å². The lowest BCUT2D eigenvalue weighted by Crippen LogP contribution is -2.42. The smallest absolute Gasteiger partial charge is 0.224 e. The molecule has 0 bridgehead atoms. The van der Waals surface area contributed by atoms with Gasteiger partial charge in [0.2, 0.25) is 11.8 Å². The van der Waals surface area contributed by atoms with Crippen molar-refractivity contribution in [3.8, 4) is 0 Å². The van der Waals surface area contributed by atoms with Crippen LogP contribution in [0.5, 0.6) is 0 Å². The Bertz CT molecular complexity index is 272. The molecule has 0 spiro atoms. The summed E-state index contributed by atoms with van der Waals surface area (Å²) >= 11 is 0. The minimum atomic E-state index is -0.681. The van der Waals surface area contributed by atoms with Gasteiger partial charge in [-0.25, -0.2) is 0 Å². The van der Waals surface area contributed by atoms with Crippen molar-refractivity contribution in [2.24, 2.45) is 11.1 Å². The highest BCUT2D eigenvalue weighted by Crippen LogP contribution is 2.18. The molecule has 4 N–H and O–H groups in total. The summed E-state index contributed by atoms with van der Waals surface area (Å²) in [4.78, 5) is 22.4. The van der Waals surface area contributed by atoms with Gasteiger partial charge in [-0.15, -0.1) is 0 Å². The van der Waals surface area contributed by atoms with Crippen LogP contribution in [0.25, 0.3) is 0 Å². The van der Waals surface area contributed by atoms with Gasteiger partial charge >= 0.3 is 0 Å². The molecule has 5 heteroatoms. The lowest BCUT2D eigenvalue weighted by molar-refractivity contribution is -0.127.